The predicted octanol–water partition coefficient (Wildman–Crippen LogP) is 3.87. The summed E-state index contributed by atoms with van der Waals surface area (Å²) >= 11 is 0. The fourth-order valence-electron chi connectivity index (χ4n) is 7.53. The summed E-state index contributed by atoms with van der Waals surface area (Å²) < 4.78 is 16.6. The third-order valence-electron chi connectivity index (χ3n) is 8.82. The first-order valence-electron chi connectivity index (χ1n) is 10.1. The summed E-state index contributed by atoms with van der Waals surface area (Å²) in [6.07, 6.45) is 8.97. The summed E-state index contributed by atoms with van der Waals surface area (Å²) in [6.45, 7) is 4.67. The molecule has 4 aliphatic rings. The Labute approximate surface area is 150 Å². The average molecular weight is 372 g/mol. The highest BCUT2D eigenvalue weighted by Crippen LogP contribution is 2.67. The minimum Gasteiger partial charge on any atom is -0.393 e. The molecule has 6 heteroatoms. The van der Waals surface area contributed by atoms with Gasteiger partial charge in [-0.2, -0.15) is 0 Å². The van der Waals surface area contributed by atoms with Gasteiger partial charge in [0, 0.05) is 0 Å². The molecular weight excluding hydrogens is 339 g/mol. The van der Waals surface area contributed by atoms with Gasteiger partial charge in [0.25, 0.3) is 0 Å². The number of aliphatic hydroxyl groups is 1. The van der Waals surface area contributed by atoms with E-state index >= 15 is 0 Å². The van der Waals surface area contributed by atoms with E-state index in [1.807, 2.05) is 0 Å². The van der Waals surface area contributed by atoms with Crippen LogP contribution in [0.5, 0.6) is 0 Å². The van der Waals surface area contributed by atoms with Gasteiger partial charge in [-0.1, -0.05) is 13.8 Å². The van der Waals surface area contributed by atoms with Gasteiger partial charge in [0.05, 0.1) is 12.2 Å². The van der Waals surface area contributed by atoms with Crippen molar-refractivity contribution in [2.75, 3.05) is 0 Å². The molecule has 0 saturated heterocycles. The van der Waals surface area contributed by atoms with Gasteiger partial charge in [-0.15, -0.1) is 0 Å². The van der Waals surface area contributed by atoms with Crippen LogP contribution in [0, 0.1) is 34.5 Å². The molecule has 0 heterocycles. The van der Waals surface area contributed by atoms with Crippen LogP contribution in [0.25, 0.3) is 0 Å². The second kappa shape index (κ2) is 6.04. The molecule has 3 N–H and O–H groups in total. The molecule has 4 rings (SSSR count). The lowest BCUT2D eigenvalue weighted by molar-refractivity contribution is -0.132. The molecule has 0 bridgehead atoms. The van der Waals surface area contributed by atoms with Crippen molar-refractivity contribution >= 4 is 7.82 Å². The summed E-state index contributed by atoms with van der Waals surface area (Å²) in [5, 5.41) is 10.1. The van der Waals surface area contributed by atoms with Gasteiger partial charge in [0.2, 0.25) is 0 Å². The zero-order chi connectivity index (χ0) is 18.0. The standard InChI is InChI=1S/C19H33O5P/c1-18-9-7-13(20)11-12(18)3-4-14-15-5-6-17(24-25(21,22)23)19(15,2)10-8-16(14)18/h12-17,20H,3-11H2,1-2H3,(H2,21,22,23)/t12-,13+,14+,15-,16+,17+,18+,19+/m1/s1. The number of hydrogen-bond acceptors (Lipinski definition) is 3. The first kappa shape index (κ1) is 18.4. The van der Waals surface area contributed by atoms with Crippen LogP contribution in [0.4, 0.5) is 0 Å². The van der Waals surface area contributed by atoms with Crippen molar-refractivity contribution in [1.82, 2.24) is 0 Å². The van der Waals surface area contributed by atoms with Crippen LogP contribution in [0.3, 0.4) is 0 Å². The lowest BCUT2D eigenvalue weighted by Gasteiger charge is -2.60. The summed E-state index contributed by atoms with van der Waals surface area (Å²) in [7, 11) is -4.43. The highest BCUT2D eigenvalue weighted by atomic mass is 31.2. The summed E-state index contributed by atoms with van der Waals surface area (Å²) in [4.78, 5) is 18.6. The van der Waals surface area contributed by atoms with E-state index in [2.05, 4.69) is 13.8 Å². The normalized spacial score (nSPS) is 53.0. The van der Waals surface area contributed by atoms with E-state index in [9.17, 15) is 19.5 Å². The quantitative estimate of drug-likeness (QED) is 0.641. The van der Waals surface area contributed by atoms with Crippen LogP contribution in [-0.4, -0.2) is 27.1 Å². The Morgan fingerprint density at radius 1 is 0.920 bits per heavy atom. The van der Waals surface area contributed by atoms with Crippen LogP contribution in [-0.2, 0) is 9.09 Å². The molecule has 0 aromatic heterocycles. The third kappa shape index (κ3) is 2.95. The average Bonchev–Trinajstić information content (AvgIpc) is 2.83. The van der Waals surface area contributed by atoms with Gasteiger partial charge >= 0.3 is 7.82 Å². The number of phosphoric acid groups is 1. The Kier molecular flexibility index (Phi) is 4.45. The maximum Gasteiger partial charge on any atom is 0.469 e. The number of fused-ring (bicyclic) bond motifs is 5. The Morgan fingerprint density at radius 3 is 2.32 bits per heavy atom. The number of rotatable bonds is 2. The lowest BCUT2D eigenvalue weighted by atomic mass is 9.45. The Bertz CT molecular complexity index is 576. The largest absolute Gasteiger partial charge is 0.469 e. The van der Waals surface area contributed by atoms with Crippen molar-refractivity contribution in [2.45, 2.75) is 83.8 Å². The maximum atomic E-state index is 11.4. The van der Waals surface area contributed by atoms with Crippen LogP contribution < -0.4 is 0 Å². The van der Waals surface area contributed by atoms with E-state index in [0.717, 1.165) is 44.9 Å². The van der Waals surface area contributed by atoms with Gasteiger partial charge in [-0.05, 0) is 92.3 Å². The highest BCUT2D eigenvalue weighted by molar-refractivity contribution is 7.46. The number of aliphatic hydroxyl groups excluding tert-OH is 1. The first-order valence-corrected chi connectivity index (χ1v) is 11.6. The molecule has 0 unspecified atom stereocenters. The van der Waals surface area contributed by atoms with Gasteiger partial charge in [0.1, 0.15) is 0 Å². The van der Waals surface area contributed by atoms with Gasteiger partial charge in [-0.25, -0.2) is 4.57 Å². The van der Waals surface area contributed by atoms with Crippen molar-refractivity contribution in [3.8, 4) is 0 Å². The summed E-state index contributed by atoms with van der Waals surface area (Å²) in [5.41, 5.74) is 0.241. The molecule has 4 fully saturated rings. The molecule has 0 aromatic rings. The molecule has 0 spiro atoms. The summed E-state index contributed by atoms with van der Waals surface area (Å²) in [6, 6.07) is 0. The van der Waals surface area contributed by atoms with Crippen LogP contribution in [0.1, 0.15) is 71.6 Å². The number of phosphoric ester groups is 1. The van der Waals surface area contributed by atoms with Crippen LogP contribution >= 0.6 is 7.82 Å². The topological polar surface area (TPSA) is 87.0 Å². The Balaban J connectivity index is 1.57. The smallest absolute Gasteiger partial charge is 0.393 e. The zero-order valence-electron chi connectivity index (χ0n) is 15.4. The van der Waals surface area contributed by atoms with E-state index in [-0.39, 0.29) is 17.6 Å². The molecule has 4 aliphatic carbocycles. The van der Waals surface area contributed by atoms with E-state index in [1.54, 1.807) is 0 Å². The molecule has 0 amide bonds. The van der Waals surface area contributed by atoms with E-state index in [1.165, 1.54) is 12.8 Å². The molecule has 144 valence electrons. The van der Waals surface area contributed by atoms with Crippen molar-refractivity contribution < 1.29 is 24.0 Å². The van der Waals surface area contributed by atoms with Crippen molar-refractivity contribution in [1.29, 1.82) is 0 Å². The second-order valence-electron chi connectivity index (χ2n) is 9.79. The third-order valence-corrected chi connectivity index (χ3v) is 9.34. The van der Waals surface area contributed by atoms with E-state index < -0.39 is 7.82 Å². The van der Waals surface area contributed by atoms with Crippen molar-refractivity contribution in [3.63, 3.8) is 0 Å². The number of hydrogen-bond donors (Lipinski definition) is 3. The van der Waals surface area contributed by atoms with Gasteiger partial charge < -0.3 is 14.9 Å². The first-order chi connectivity index (χ1) is 11.6. The van der Waals surface area contributed by atoms with Gasteiger partial charge in [0.15, 0.2) is 0 Å². The second-order valence-corrected chi connectivity index (χ2v) is 11.0. The Hall–Kier alpha value is 0.0700. The molecule has 0 aliphatic heterocycles. The van der Waals surface area contributed by atoms with Crippen molar-refractivity contribution in [3.05, 3.63) is 0 Å². The SMILES string of the molecule is C[C@]12CC[C@H](O)C[C@H]1CC[C@H]1[C@H]3CC[C@H](OP(=O)(O)O)[C@@]3(C)CC[C@@H]12. The molecule has 4 saturated carbocycles. The zero-order valence-corrected chi connectivity index (χ0v) is 16.3. The molecule has 0 aromatic carbocycles. The van der Waals surface area contributed by atoms with Gasteiger partial charge in [-0.3, -0.25) is 4.52 Å². The Morgan fingerprint density at radius 2 is 1.60 bits per heavy atom. The van der Waals surface area contributed by atoms with Crippen LogP contribution in [0.15, 0.2) is 0 Å². The van der Waals surface area contributed by atoms with Crippen LogP contribution in [0.2, 0.25) is 0 Å². The fourth-order valence-corrected chi connectivity index (χ4v) is 8.20. The minimum absolute atomic E-state index is 0.0976. The monoisotopic (exact) mass is 372 g/mol. The molecule has 8 atom stereocenters. The predicted molar refractivity (Wildman–Crippen MR) is 94.7 cm³/mol. The molecule has 5 nitrogen and oxygen atoms in total. The minimum atomic E-state index is -4.43. The molecule has 25 heavy (non-hydrogen) atoms. The van der Waals surface area contributed by atoms with E-state index in [4.69, 9.17) is 4.52 Å². The van der Waals surface area contributed by atoms with E-state index in [0.29, 0.717) is 29.1 Å². The van der Waals surface area contributed by atoms with Crippen molar-refractivity contribution in [2.24, 2.45) is 34.5 Å². The lowest BCUT2D eigenvalue weighted by Crippen LogP contribution is -2.54. The fraction of sp³-hybridized carbons (Fsp3) is 1.00. The maximum absolute atomic E-state index is 11.4. The molecule has 0 radical (unpaired) electrons. The highest BCUT2D eigenvalue weighted by Gasteiger charge is 2.61. The summed E-state index contributed by atoms with van der Waals surface area (Å²) in [5.74, 6) is 2.52. The molecular formula is C19H33O5P.